The van der Waals surface area contributed by atoms with Crippen molar-refractivity contribution >= 4 is 34.4 Å². The molecule has 1 aromatic rings. The van der Waals surface area contributed by atoms with E-state index < -0.39 is 5.83 Å². The van der Waals surface area contributed by atoms with Crippen molar-refractivity contribution in [2.45, 2.75) is 6.92 Å². The quantitative estimate of drug-likeness (QED) is 0.291. The van der Waals surface area contributed by atoms with Crippen LogP contribution < -0.4 is 0 Å². The van der Waals surface area contributed by atoms with Crippen LogP contribution in [0.25, 0.3) is 5.57 Å². The lowest BCUT2D eigenvalue weighted by molar-refractivity contribution is 0.322. The van der Waals surface area contributed by atoms with Gasteiger partial charge in [-0.25, -0.2) is 4.39 Å². The first-order valence-corrected chi connectivity index (χ1v) is 5.69. The molecule has 0 radical (unpaired) electrons. The van der Waals surface area contributed by atoms with Crippen LogP contribution in [0.4, 0.5) is 4.39 Å². The monoisotopic (exact) mass is 331 g/mol. The van der Waals surface area contributed by atoms with Crippen LogP contribution in [-0.4, -0.2) is 11.4 Å². The molecule has 84 valence electrons. The molecule has 0 aliphatic rings. The van der Waals surface area contributed by atoms with Crippen molar-refractivity contribution < 1.29 is 9.60 Å². The van der Waals surface area contributed by atoms with Crippen LogP contribution in [0.15, 0.2) is 51.0 Å². The molecular formula is C12H11FINO. The van der Waals surface area contributed by atoms with Crippen LogP contribution >= 0.6 is 22.6 Å². The second kappa shape index (κ2) is 6.42. The van der Waals surface area contributed by atoms with Gasteiger partial charge in [0.15, 0.2) is 0 Å². The first-order chi connectivity index (χ1) is 7.65. The van der Waals surface area contributed by atoms with E-state index in [2.05, 4.69) is 5.16 Å². The number of oxime groups is 1. The smallest absolute Gasteiger partial charge is 0.133 e. The van der Waals surface area contributed by atoms with Gasteiger partial charge < -0.3 is 5.21 Å². The first-order valence-electron chi connectivity index (χ1n) is 4.61. The normalized spacial score (nSPS) is 14.1. The summed E-state index contributed by atoms with van der Waals surface area (Å²) in [5.41, 5.74) is 0.936. The summed E-state index contributed by atoms with van der Waals surface area (Å²) in [6, 6.07) is 8.96. The Bertz CT molecular complexity index is 434. The van der Waals surface area contributed by atoms with Crippen LogP contribution in [-0.2, 0) is 0 Å². The van der Waals surface area contributed by atoms with Crippen molar-refractivity contribution in [1.82, 2.24) is 0 Å². The van der Waals surface area contributed by atoms with Crippen molar-refractivity contribution in [2.24, 2.45) is 5.16 Å². The lowest BCUT2D eigenvalue weighted by Gasteiger charge is -2.01. The summed E-state index contributed by atoms with van der Waals surface area (Å²) in [6.07, 6.45) is 2.49. The maximum absolute atomic E-state index is 13.8. The van der Waals surface area contributed by atoms with Crippen LogP contribution in [0, 0.1) is 0 Å². The molecule has 1 N–H and O–H groups in total. The van der Waals surface area contributed by atoms with E-state index in [9.17, 15) is 4.39 Å². The SMILES string of the molecule is C/C(I)=C/C(F)=C(\C=N\O)c1ccccc1. The van der Waals surface area contributed by atoms with E-state index in [0.717, 1.165) is 9.79 Å². The third kappa shape index (κ3) is 3.77. The number of nitrogens with zero attached hydrogens (tertiary/aromatic N) is 1. The van der Waals surface area contributed by atoms with Gasteiger partial charge in [-0.15, -0.1) is 0 Å². The molecule has 0 aliphatic heterocycles. The Kier molecular flexibility index (Phi) is 5.18. The molecule has 0 spiro atoms. The molecule has 1 rings (SSSR count). The zero-order valence-corrected chi connectivity index (χ0v) is 10.8. The number of halogens is 2. The molecular weight excluding hydrogens is 320 g/mol. The minimum atomic E-state index is -0.420. The summed E-state index contributed by atoms with van der Waals surface area (Å²) in [5, 5.41) is 11.4. The van der Waals surface area contributed by atoms with Gasteiger partial charge in [0.05, 0.1) is 6.21 Å². The molecule has 4 heteroatoms. The number of benzene rings is 1. The molecule has 2 nitrogen and oxygen atoms in total. The van der Waals surface area contributed by atoms with Crippen LogP contribution in [0.3, 0.4) is 0 Å². The van der Waals surface area contributed by atoms with Gasteiger partial charge >= 0.3 is 0 Å². The highest BCUT2D eigenvalue weighted by atomic mass is 127. The molecule has 0 atom stereocenters. The average molecular weight is 331 g/mol. The van der Waals surface area contributed by atoms with Gasteiger partial charge in [0, 0.05) is 5.57 Å². The van der Waals surface area contributed by atoms with Gasteiger partial charge in [-0.3, -0.25) is 0 Å². The molecule has 0 bridgehead atoms. The molecule has 0 amide bonds. The average Bonchev–Trinajstić information content (AvgIpc) is 2.26. The standard InChI is InChI=1S/C12H11FINO/c1-9(14)7-12(13)11(8-15-16)10-5-3-2-4-6-10/h2-8,16H,1H3/b9-7-,12-11-,15-8+. The van der Waals surface area contributed by atoms with Gasteiger partial charge in [0.2, 0.25) is 0 Å². The fraction of sp³-hybridized carbons (Fsp3) is 0.0833. The minimum Gasteiger partial charge on any atom is -0.411 e. The topological polar surface area (TPSA) is 32.6 Å². The summed E-state index contributed by atoms with van der Waals surface area (Å²) >= 11 is 2.02. The van der Waals surface area contributed by atoms with Gasteiger partial charge in [-0.05, 0) is 44.7 Å². The third-order valence-electron chi connectivity index (χ3n) is 1.85. The lowest BCUT2D eigenvalue weighted by atomic mass is 10.1. The first kappa shape index (κ1) is 12.9. The molecule has 0 saturated heterocycles. The molecule has 0 fully saturated rings. The second-order valence-electron chi connectivity index (χ2n) is 3.10. The van der Waals surface area contributed by atoms with Crippen molar-refractivity contribution in [3.8, 4) is 0 Å². The molecule has 0 aromatic heterocycles. The van der Waals surface area contributed by atoms with Crippen molar-refractivity contribution in [3.63, 3.8) is 0 Å². The van der Waals surface area contributed by atoms with Gasteiger partial charge in [0.1, 0.15) is 5.83 Å². The zero-order valence-electron chi connectivity index (χ0n) is 8.69. The molecule has 0 heterocycles. The Balaban J connectivity index is 3.24. The number of rotatable bonds is 3. The van der Waals surface area contributed by atoms with Crippen molar-refractivity contribution in [2.75, 3.05) is 0 Å². The minimum absolute atomic E-state index is 0.263. The number of hydrogen-bond donors (Lipinski definition) is 1. The maximum Gasteiger partial charge on any atom is 0.133 e. The summed E-state index contributed by atoms with van der Waals surface area (Å²) in [4.78, 5) is 0. The van der Waals surface area contributed by atoms with Crippen LogP contribution in [0.2, 0.25) is 0 Å². The van der Waals surface area contributed by atoms with E-state index in [0.29, 0.717) is 5.56 Å². The fourth-order valence-corrected chi connectivity index (χ4v) is 1.48. The predicted molar refractivity (Wildman–Crippen MR) is 72.5 cm³/mol. The van der Waals surface area contributed by atoms with E-state index in [4.69, 9.17) is 5.21 Å². The summed E-state index contributed by atoms with van der Waals surface area (Å²) in [6.45, 7) is 1.79. The van der Waals surface area contributed by atoms with E-state index in [1.807, 2.05) is 28.7 Å². The van der Waals surface area contributed by atoms with Gasteiger partial charge in [-0.2, -0.15) is 0 Å². The molecule has 0 aliphatic carbocycles. The van der Waals surface area contributed by atoms with E-state index >= 15 is 0 Å². The Morgan fingerprint density at radius 1 is 1.38 bits per heavy atom. The highest BCUT2D eigenvalue weighted by Crippen LogP contribution is 2.21. The fourth-order valence-electron chi connectivity index (χ4n) is 1.20. The number of allylic oxidation sites excluding steroid dienone is 4. The van der Waals surface area contributed by atoms with E-state index in [1.54, 1.807) is 31.2 Å². The summed E-state index contributed by atoms with van der Waals surface area (Å²) < 4.78 is 14.6. The van der Waals surface area contributed by atoms with E-state index in [-0.39, 0.29) is 5.57 Å². The Morgan fingerprint density at radius 2 is 2.00 bits per heavy atom. The highest BCUT2D eigenvalue weighted by molar-refractivity contribution is 14.1. The largest absolute Gasteiger partial charge is 0.411 e. The third-order valence-corrected chi connectivity index (χ3v) is 2.17. The molecule has 16 heavy (non-hydrogen) atoms. The zero-order chi connectivity index (χ0) is 12.0. The second-order valence-corrected chi connectivity index (χ2v) is 4.80. The summed E-state index contributed by atoms with van der Waals surface area (Å²) in [5.74, 6) is -0.420. The van der Waals surface area contributed by atoms with Crippen LogP contribution in [0.1, 0.15) is 12.5 Å². The van der Waals surface area contributed by atoms with Crippen molar-refractivity contribution in [3.05, 3.63) is 51.4 Å². The lowest BCUT2D eigenvalue weighted by Crippen LogP contribution is -1.89. The molecule has 0 saturated carbocycles. The Morgan fingerprint density at radius 3 is 2.50 bits per heavy atom. The van der Waals surface area contributed by atoms with Gasteiger partial charge in [-0.1, -0.05) is 35.5 Å². The molecule has 0 unspecified atom stereocenters. The van der Waals surface area contributed by atoms with Crippen LogP contribution in [0.5, 0.6) is 0 Å². The maximum atomic E-state index is 13.8. The molecule has 1 aromatic carbocycles. The summed E-state index contributed by atoms with van der Waals surface area (Å²) in [7, 11) is 0. The van der Waals surface area contributed by atoms with Crippen molar-refractivity contribution in [1.29, 1.82) is 0 Å². The highest BCUT2D eigenvalue weighted by Gasteiger charge is 2.05. The Hall–Kier alpha value is -1.17. The Labute approximate surface area is 107 Å². The van der Waals surface area contributed by atoms with Gasteiger partial charge in [0.25, 0.3) is 0 Å². The number of hydrogen-bond acceptors (Lipinski definition) is 2. The van der Waals surface area contributed by atoms with E-state index in [1.165, 1.54) is 6.08 Å². The predicted octanol–water partition coefficient (Wildman–Crippen LogP) is 4.17.